The van der Waals surface area contributed by atoms with Gasteiger partial charge in [0.25, 0.3) is 0 Å². The van der Waals surface area contributed by atoms with Crippen LogP contribution in [0.25, 0.3) is 0 Å². The van der Waals surface area contributed by atoms with E-state index in [0.717, 1.165) is 10.6 Å². The van der Waals surface area contributed by atoms with Crippen LogP contribution in [-0.4, -0.2) is 31.1 Å². The zero-order valence-corrected chi connectivity index (χ0v) is 16.5. The number of nitrogens with zero attached hydrogens (tertiary/aromatic N) is 2. The van der Waals surface area contributed by atoms with Crippen LogP contribution in [0.15, 0.2) is 36.4 Å². The number of carbonyl (C=O) groups is 2. The average molecular weight is 385 g/mol. The lowest BCUT2D eigenvalue weighted by molar-refractivity contribution is 0.0588. The van der Waals surface area contributed by atoms with Crippen molar-refractivity contribution in [1.29, 1.82) is 0 Å². The fourth-order valence-corrected chi connectivity index (χ4v) is 3.07. The van der Waals surface area contributed by atoms with Gasteiger partial charge in [-0.15, -0.1) is 0 Å². The Bertz CT molecular complexity index is 920. The van der Waals surface area contributed by atoms with E-state index in [1.165, 1.54) is 19.2 Å². The van der Waals surface area contributed by atoms with Gasteiger partial charge in [-0.25, -0.2) is 9.18 Å². The van der Waals surface area contributed by atoms with Crippen LogP contribution in [0.1, 0.15) is 36.7 Å². The number of rotatable bonds is 2. The molecule has 0 fully saturated rings. The van der Waals surface area contributed by atoms with Gasteiger partial charge in [0.05, 0.1) is 12.2 Å². The van der Waals surface area contributed by atoms with Crippen molar-refractivity contribution in [1.82, 2.24) is 0 Å². The molecule has 7 heteroatoms. The van der Waals surface area contributed by atoms with Crippen LogP contribution in [0.3, 0.4) is 0 Å². The molecular weight excluding hydrogens is 361 g/mol. The summed E-state index contributed by atoms with van der Waals surface area (Å²) < 4.78 is 20.0. The normalized spacial score (nSPS) is 13.9. The van der Waals surface area contributed by atoms with Gasteiger partial charge in [0.1, 0.15) is 11.4 Å². The number of benzene rings is 2. The first kappa shape index (κ1) is 19.7. The number of anilines is 3. The van der Waals surface area contributed by atoms with Crippen LogP contribution in [0.4, 0.5) is 26.2 Å². The molecule has 0 unspecified atom stereocenters. The van der Waals surface area contributed by atoms with Crippen LogP contribution in [-0.2, 0) is 11.3 Å². The molecule has 28 heavy (non-hydrogen) atoms. The molecule has 1 aliphatic heterocycles. The van der Waals surface area contributed by atoms with Crippen LogP contribution in [0, 0.1) is 5.82 Å². The van der Waals surface area contributed by atoms with E-state index in [-0.39, 0.29) is 18.0 Å². The lowest BCUT2D eigenvalue weighted by Crippen LogP contribution is -2.37. The highest BCUT2D eigenvalue weighted by Crippen LogP contribution is 2.30. The van der Waals surface area contributed by atoms with Gasteiger partial charge >= 0.3 is 6.09 Å². The minimum atomic E-state index is -0.703. The molecule has 0 spiro atoms. The maximum atomic E-state index is 14.7. The molecule has 2 aromatic rings. The van der Waals surface area contributed by atoms with E-state index in [9.17, 15) is 14.0 Å². The first-order chi connectivity index (χ1) is 13.0. The molecule has 0 bridgehead atoms. The number of ketones is 1. The van der Waals surface area contributed by atoms with E-state index in [1.54, 1.807) is 32.9 Å². The van der Waals surface area contributed by atoms with E-state index in [4.69, 9.17) is 10.5 Å². The highest BCUT2D eigenvalue weighted by atomic mass is 19.1. The van der Waals surface area contributed by atoms with E-state index in [2.05, 4.69) is 0 Å². The minimum absolute atomic E-state index is 0.0160. The molecule has 0 aromatic heterocycles. The number of fused-ring (bicyclic) bond motifs is 1. The molecule has 148 valence electrons. The summed E-state index contributed by atoms with van der Waals surface area (Å²) in [5, 5.41) is 0. The molecule has 1 aliphatic rings. The van der Waals surface area contributed by atoms with Gasteiger partial charge in [0.15, 0.2) is 5.78 Å². The Labute approximate surface area is 163 Å². The second-order valence-corrected chi connectivity index (χ2v) is 7.87. The monoisotopic (exact) mass is 385 g/mol. The second-order valence-electron chi connectivity index (χ2n) is 7.87. The number of hydrogen-bond acceptors (Lipinski definition) is 5. The van der Waals surface area contributed by atoms with Gasteiger partial charge in [-0.3, -0.25) is 9.69 Å². The van der Waals surface area contributed by atoms with Gasteiger partial charge in [0.2, 0.25) is 0 Å². The molecule has 0 saturated heterocycles. The highest BCUT2D eigenvalue weighted by molar-refractivity contribution is 6.03. The average Bonchev–Trinajstić information content (AvgIpc) is 2.59. The second kappa shape index (κ2) is 7.14. The van der Waals surface area contributed by atoms with Crippen LogP contribution in [0.5, 0.6) is 0 Å². The van der Waals surface area contributed by atoms with Crippen molar-refractivity contribution in [3.63, 3.8) is 0 Å². The first-order valence-electron chi connectivity index (χ1n) is 8.98. The maximum absolute atomic E-state index is 14.7. The molecule has 0 aliphatic carbocycles. The van der Waals surface area contributed by atoms with Gasteiger partial charge < -0.3 is 15.4 Å². The van der Waals surface area contributed by atoms with Crippen molar-refractivity contribution in [2.75, 3.05) is 29.1 Å². The summed E-state index contributed by atoms with van der Waals surface area (Å²) >= 11 is 0. The summed E-state index contributed by atoms with van der Waals surface area (Å²) in [7, 11) is 1.42. The topological polar surface area (TPSA) is 75.9 Å². The minimum Gasteiger partial charge on any atom is -0.443 e. The number of carbonyl (C=O) groups excluding carboxylic acids is 2. The van der Waals surface area contributed by atoms with E-state index >= 15 is 0 Å². The molecule has 0 saturated carbocycles. The predicted molar refractivity (Wildman–Crippen MR) is 107 cm³/mol. The number of nitrogens with two attached hydrogens (primary N) is 1. The van der Waals surface area contributed by atoms with E-state index in [0.29, 0.717) is 23.4 Å². The standard InChI is InChI=1S/C21H24FN3O3/c1-21(2,3)28-20(27)24(4)18-10-16-13(9-17(18)22)11-25(12-19(16)26)15-7-5-14(23)6-8-15/h5-10H,11-12,23H2,1-4H3. The summed E-state index contributed by atoms with van der Waals surface area (Å²) in [5.74, 6) is -0.726. The highest BCUT2D eigenvalue weighted by Gasteiger charge is 2.28. The Morgan fingerprint density at radius 2 is 1.82 bits per heavy atom. The fourth-order valence-electron chi connectivity index (χ4n) is 3.07. The Hall–Kier alpha value is -3.09. The number of Topliss-reactive ketones (excluding diaryl/α,β-unsaturated/α-hetero) is 1. The number of amides is 1. The molecule has 0 radical (unpaired) electrons. The number of nitrogen functional groups attached to an aromatic ring is 1. The van der Waals surface area contributed by atoms with Crippen molar-refractivity contribution in [3.8, 4) is 0 Å². The van der Waals surface area contributed by atoms with Gasteiger partial charge in [-0.1, -0.05) is 0 Å². The summed E-state index contributed by atoms with van der Waals surface area (Å²) in [6.45, 7) is 5.75. The predicted octanol–water partition coefficient (Wildman–Crippen LogP) is 3.98. The lowest BCUT2D eigenvalue weighted by Gasteiger charge is -2.31. The quantitative estimate of drug-likeness (QED) is 0.792. The Kier molecular flexibility index (Phi) is 5.02. The molecule has 1 amide bonds. The van der Waals surface area contributed by atoms with Crippen LogP contribution < -0.4 is 15.5 Å². The van der Waals surface area contributed by atoms with Crippen molar-refractivity contribution in [3.05, 3.63) is 53.3 Å². The molecule has 0 atom stereocenters. The molecule has 2 N–H and O–H groups in total. The van der Waals surface area contributed by atoms with Gasteiger partial charge in [-0.05, 0) is 62.7 Å². The Morgan fingerprint density at radius 1 is 1.18 bits per heavy atom. The third kappa shape index (κ3) is 4.08. The SMILES string of the molecule is CN(C(=O)OC(C)(C)C)c1cc2c(cc1F)CN(c1ccc(N)cc1)CC2=O. The number of halogens is 1. The molecule has 1 heterocycles. The van der Waals surface area contributed by atoms with Crippen molar-refractivity contribution in [2.45, 2.75) is 32.9 Å². The van der Waals surface area contributed by atoms with Crippen molar-refractivity contribution >= 4 is 28.9 Å². The number of ether oxygens (including phenoxy) is 1. The third-order valence-corrected chi connectivity index (χ3v) is 4.46. The van der Waals surface area contributed by atoms with Gasteiger partial charge in [0, 0.05) is 30.5 Å². The Morgan fingerprint density at radius 3 is 2.43 bits per heavy atom. The maximum Gasteiger partial charge on any atom is 0.414 e. The first-order valence-corrected chi connectivity index (χ1v) is 8.98. The zero-order valence-electron chi connectivity index (χ0n) is 16.5. The van der Waals surface area contributed by atoms with Crippen molar-refractivity contribution < 1.29 is 18.7 Å². The smallest absolute Gasteiger partial charge is 0.414 e. The fraction of sp³-hybridized carbons (Fsp3) is 0.333. The molecule has 2 aromatic carbocycles. The van der Waals surface area contributed by atoms with Gasteiger partial charge in [-0.2, -0.15) is 0 Å². The van der Waals surface area contributed by atoms with E-state index < -0.39 is 17.5 Å². The largest absolute Gasteiger partial charge is 0.443 e. The van der Waals surface area contributed by atoms with Crippen molar-refractivity contribution in [2.24, 2.45) is 0 Å². The van der Waals surface area contributed by atoms with E-state index in [1.807, 2.05) is 17.0 Å². The summed E-state index contributed by atoms with van der Waals surface area (Å²) in [6.07, 6.45) is -0.682. The lowest BCUT2D eigenvalue weighted by atomic mass is 9.96. The summed E-state index contributed by atoms with van der Waals surface area (Å²) in [5.41, 5.74) is 7.48. The zero-order chi connectivity index (χ0) is 20.6. The molecule has 6 nitrogen and oxygen atoms in total. The van der Waals surface area contributed by atoms with Crippen LogP contribution >= 0.6 is 0 Å². The molecule has 3 rings (SSSR count). The molecular formula is C21H24FN3O3. The third-order valence-electron chi connectivity index (χ3n) is 4.46. The number of hydrogen-bond donors (Lipinski definition) is 1. The summed E-state index contributed by atoms with van der Waals surface area (Å²) in [4.78, 5) is 27.9. The Balaban J connectivity index is 1.89. The summed E-state index contributed by atoms with van der Waals surface area (Å²) in [6, 6.07) is 9.91. The van der Waals surface area contributed by atoms with Crippen LogP contribution in [0.2, 0.25) is 0 Å².